The molecule has 0 bridgehead atoms. The minimum atomic E-state index is -0.618. The molecule has 32 heavy (non-hydrogen) atoms. The first kappa shape index (κ1) is 24.9. The zero-order chi connectivity index (χ0) is 23.4. The highest BCUT2D eigenvalue weighted by molar-refractivity contribution is 7.60. The van der Waals surface area contributed by atoms with Crippen LogP contribution < -0.4 is 0 Å². The zero-order valence-electron chi connectivity index (χ0n) is 20.2. The third-order valence-electron chi connectivity index (χ3n) is 6.90. The molecule has 0 N–H and O–H groups in total. The molecule has 170 valence electrons. The average molecular weight is 467 g/mol. The normalized spacial score (nSPS) is 12.9. The first-order valence-corrected chi connectivity index (χ1v) is 13.4. The molecule has 0 aliphatic rings. The number of hydrogen-bond acceptors (Lipinski definition) is 4. The molecule has 1 aromatic carbocycles. The maximum atomic E-state index is 4.71. The number of rotatable bonds is 9. The SMILES string of the molecule is CCC(C)(C)P(Cc1ccccc1C(P)(c1cnccn1)c1cnccn1)C(C)(C)CC. The molecule has 0 radical (unpaired) electrons. The van der Waals surface area contributed by atoms with Crippen LogP contribution in [0.2, 0.25) is 0 Å². The minimum absolute atomic E-state index is 0.282. The molecule has 2 aromatic heterocycles. The Bertz CT molecular complexity index is 951. The highest BCUT2D eigenvalue weighted by Crippen LogP contribution is 2.64. The van der Waals surface area contributed by atoms with Gasteiger partial charge in [0.25, 0.3) is 0 Å². The van der Waals surface area contributed by atoms with Crippen molar-refractivity contribution in [3.8, 4) is 0 Å². The van der Waals surface area contributed by atoms with Crippen LogP contribution in [0.4, 0.5) is 0 Å². The van der Waals surface area contributed by atoms with Crippen LogP contribution in [0.15, 0.2) is 61.4 Å². The fraction of sp³-hybridized carbons (Fsp3) is 0.462. The monoisotopic (exact) mass is 466 g/mol. The van der Waals surface area contributed by atoms with E-state index in [1.807, 2.05) is 12.4 Å². The van der Waals surface area contributed by atoms with Gasteiger partial charge in [0, 0.05) is 24.8 Å². The van der Waals surface area contributed by atoms with E-state index in [1.165, 1.54) is 24.0 Å². The summed E-state index contributed by atoms with van der Waals surface area (Å²) in [4.78, 5) is 18.2. The fourth-order valence-corrected chi connectivity index (χ4v) is 8.71. The van der Waals surface area contributed by atoms with Gasteiger partial charge in [-0.2, -0.15) is 0 Å². The molecule has 6 heteroatoms. The number of benzene rings is 1. The maximum absolute atomic E-state index is 4.71. The summed E-state index contributed by atoms with van der Waals surface area (Å²) in [5, 5.41) is -0.0535. The molecular formula is C26H36N4P2. The van der Waals surface area contributed by atoms with Crippen molar-refractivity contribution in [1.29, 1.82) is 0 Å². The topological polar surface area (TPSA) is 51.6 Å². The lowest BCUT2D eigenvalue weighted by atomic mass is 9.88. The Kier molecular flexibility index (Phi) is 7.79. The summed E-state index contributed by atoms with van der Waals surface area (Å²) in [5.41, 5.74) is 4.27. The molecule has 4 nitrogen and oxygen atoms in total. The summed E-state index contributed by atoms with van der Waals surface area (Å²) in [6.45, 7) is 14.4. The van der Waals surface area contributed by atoms with Gasteiger partial charge in [-0.1, -0.05) is 73.7 Å². The van der Waals surface area contributed by atoms with Crippen LogP contribution in [0, 0.1) is 0 Å². The van der Waals surface area contributed by atoms with Gasteiger partial charge < -0.3 is 0 Å². The molecule has 3 rings (SSSR count). The minimum Gasteiger partial charge on any atom is -0.261 e. The maximum Gasteiger partial charge on any atom is 0.0967 e. The van der Waals surface area contributed by atoms with E-state index in [1.54, 1.807) is 24.8 Å². The molecule has 0 aliphatic heterocycles. The quantitative estimate of drug-likeness (QED) is 0.326. The van der Waals surface area contributed by atoms with E-state index < -0.39 is 5.16 Å². The van der Waals surface area contributed by atoms with E-state index in [0.717, 1.165) is 17.5 Å². The van der Waals surface area contributed by atoms with Gasteiger partial charge in [0.15, 0.2) is 0 Å². The smallest absolute Gasteiger partial charge is 0.0967 e. The first-order chi connectivity index (χ1) is 15.2. The number of hydrogen-bond donors (Lipinski definition) is 0. The Labute approximate surface area is 197 Å². The van der Waals surface area contributed by atoms with Crippen molar-refractivity contribution >= 4 is 17.2 Å². The summed E-state index contributed by atoms with van der Waals surface area (Å²) >= 11 is 0. The van der Waals surface area contributed by atoms with Crippen molar-refractivity contribution in [2.45, 2.75) is 76.0 Å². The van der Waals surface area contributed by atoms with Gasteiger partial charge in [0.1, 0.15) is 0 Å². The second kappa shape index (κ2) is 10.0. The lowest BCUT2D eigenvalue weighted by Crippen LogP contribution is -2.31. The van der Waals surface area contributed by atoms with Crippen LogP contribution in [0.5, 0.6) is 0 Å². The van der Waals surface area contributed by atoms with Gasteiger partial charge in [0.05, 0.1) is 28.9 Å². The Morgan fingerprint density at radius 1 is 0.781 bits per heavy atom. The van der Waals surface area contributed by atoms with E-state index in [9.17, 15) is 0 Å². The Morgan fingerprint density at radius 2 is 1.28 bits per heavy atom. The third-order valence-corrected chi connectivity index (χ3v) is 12.0. The van der Waals surface area contributed by atoms with Crippen LogP contribution >= 0.6 is 17.2 Å². The summed E-state index contributed by atoms with van der Waals surface area (Å²) in [7, 11) is 2.74. The average Bonchev–Trinajstić information content (AvgIpc) is 2.83. The van der Waals surface area contributed by atoms with Gasteiger partial charge in [-0.25, -0.2) is 0 Å². The number of aromatic nitrogens is 4. The second-order valence-electron chi connectivity index (χ2n) is 9.56. The van der Waals surface area contributed by atoms with E-state index >= 15 is 0 Å². The largest absolute Gasteiger partial charge is 0.261 e. The van der Waals surface area contributed by atoms with Crippen LogP contribution in [0.25, 0.3) is 0 Å². The molecule has 0 saturated heterocycles. The standard InChI is InChI=1S/C26H36N4P2/c1-7-24(3,4)32(25(5,6)8-2)19-20-11-9-10-12-21(20)26(31,22-17-27-13-15-29-22)23-18-28-14-16-30-23/h9-18H,7-8,19,31H2,1-6H3. The molecule has 2 heterocycles. The molecule has 0 fully saturated rings. The third kappa shape index (κ3) is 4.92. The zero-order valence-corrected chi connectivity index (χ0v) is 22.3. The summed E-state index contributed by atoms with van der Waals surface area (Å²) in [6, 6.07) is 8.77. The van der Waals surface area contributed by atoms with Crippen molar-refractivity contribution in [3.05, 3.63) is 84.0 Å². The van der Waals surface area contributed by atoms with Gasteiger partial charge >= 0.3 is 0 Å². The molecule has 1 atom stereocenters. The Morgan fingerprint density at radius 3 is 1.72 bits per heavy atom. The van der Waals surface area contributed by atoms with Crippen molar-refractivity contribution in [3.63, 3.8) is 0 Å². The van der Waals surface area contributed by atoms with Crippen molar-refractivity contribution < 1.29 is 0 Å². The van der Waals surface area contributed by atoms with E-state index in [4.69, 9.17) is 9.97 Å². The molecule has 0 aliphatic carbocycles. The van der Waals surface area contributed by atoms with Gasteiger partial charge in [-0.05, 0) is 40.4 Å². The molecule has 0 saturated carbocycles. The predicted octanol–water partition coefficient (Wildman–Crippen LogP) is 6.79. The van der Waals surface area contributed by atoms with Crippen molar-refractivity contribution in [1.82, 2.24) is 19.9 Å². The molecule has 0 spiro atoms. The summed E-state index contributed by atoms with van der Waals surface area (Å²) < 4.78 is 0. The highest BCUT2D eigenvalue weighted by atomic mass is 31.1. The second-order valence-corrected chi connectivity index (χ2v) is 14.0. The summed E-state index contributed by atoms with van der Waals surface area (Å²) in [6.07, 6.45) is 14.0. The van der Waals surface area contributed by atoms with Crippen molar-refractivity contribution in [2.24, 2.45) is 0 Å². The lowest BCUT2D eigenvalue weighted by Gasteiger charge is -2.46. The molecule has 3 aromatic rings. The van der Waals surface area contributed by atoms with Crippen molar-refractivity contribution in [2.75, 3.05) is 0 Å². The first-order valence-electron chi connectivity index (χ1n) is 11.3. The van der Waals surface area contributed by atoms with E-state index in [2.05, 4.69) is 85.0 Å². The van der Waals surface area contributed by atoms with Crippen LogP contribution in [-0.4, -0.2) is 30.2 Å². The summed E-state index contributed by atoms with van der Waals surface area (Å²) in [5.74, 6) is 0. The van der Waals surface area contributed by atoms with Crippen LogP contribution in [-0.2, 0) is 11.3 Å². The van der Waals surface area contributed by atoms with Crippen LogP contribution in [0.1, 0.15) is 76.9 Å². The van der Waals surface area contributed by atoms with Gasteiger partial charge in [-0.15, -0.1) is 9.24 Å². The Hall–Kier alpha value is -1.76. The molecule has 0 amide bonds. The fourth-order valence-electron chi connectivity index (χ4n) is 4.25. The molecule has 1 unspecified atom stereocenters. The number of nitrogens with zero attached hydrogens (tertiary/aromatic N) is 4. The van der Waals surface area contributed by atoms with E-state index in [-0.39, 0.29) is 18.2 Å². The van der Waals surface area contributed by atoms with Gasteiger partial charge in [0.2, 0.25) is 0 Å². The highest BCUT2D eigenvalue weighted by Gasteiger charge is 2.41. The Balaban J connectivity index is 2.20. The predicted molar refractivity (Wildman–Crippen MR) is 139 cm³/mol. The van der Waals surface area contributed by atoms with E-state index in [0.29, 0.717) is 0 Å². The van der Waals surface area contributed by atoms with Gasteiger partial charge in [-0.3, -0.25) is 19.9 Å². The van der Waals surface area contributed by atoms with Crippen LogP contribution in [0.3, 0.4) is 0 Å². The lowest BCUT2D eigenvalue weighted by molar-refractivity contribution is 0.601. The molecular weight excluding hydrogens is 430 g/mol.